The lowest BCUT2D eigenvalue weighted by Crippen LogP contribution is -2.23. The van der Waals surface area contributed by atoms with E-state index in [2.05, 4.69) is 12.2 Å². The molecule has 5 nitrogen and oxygen atoms in total. The van der Waals surface area contributed by atoms with Crippen molar-refractivity contribution in [2.24, 2.45) is 0 Å². The molecule has 0 aliphatic heterocycles. The Morgan fingerprint density at radius 3 is 2.56 bits per heavy atom. The number of hydrogen-bond acceptors (Lipinski definition) is 3. The van der Waals surface area contributed by atoms with Gasteiger partial charge >= 0.3 is 5.97 Å². The molecule has 92 valence electrons. The van der Waals surface area contributed by atoms with Crippen LogP contribution < -0.4 is 5.32 Å². The van der Waals surface area contributed by atoms with Gasteiger partial charge in [-0.25, -0.2) is 4.79 Å². The molecule has 0 radical (unpaired) electrons. The fourth-order valence-electron chi connectivity index (χ4n) is 0.940. The minimum Gasteiger partial charge on any atom is -0.478 e. The van der Waals surface area contributed by atoms with Crippen LogP contribution in [0.3, 0.4) is 0 Å². The fraction of sp³-hybridized carbons (Fsp3) is 0.636. The van der Waals surface area contributed by atoms with Crippen molar-refractivity contribution in [1.82, 2.24) is 5.32 Å². The zero-order chi connectivity index (χ0) is 12.2. The van der Waals surface area contributed by atoms with Gasteiger partial charge in [-0.05, 0) is 12.8 Å². The highest BCUT2D eigenvalue weighted by Gasteiger charge is 1.95. The summed E-state index contributed by atoms with van der Waals surface area (Å²) in [5, 5.41) is 10.8. The first-order valence-electron chi connectivity index (χ1n) is 5.43. The van der Waals surface area contributed by atoms with Gasteiger partial charge in [-0.2, -0.15) is 0 Å². The zero-order valence-corrected chi connectivity index (χ0v) is 9.57. The first-order valence-corrected chi connectivity index (χ1v) is 5.43. The van der Waals surface area contributed by atoms with Gasteiger partial charge in [0.2, 0.25) is 5.91 Å². The molecular formula is C11H19NO4. The number of amides is 1. The molecule has 0 atom stereocenters. The largest absolute Gasteiger partial charge is 0.478 e. The van der Waals surface area contributed by atoms with Crippen molar-refractivity contribution in [1.29, 1.82) is 0 Å². The number of carboxylic acid groups (broad SMARTS) is 1. The van der Waals surface area contributed by atoms with E-state index < -0.39 is 11.9 Å². The summed E-state index contributed by atoms with van der Waals surface area (Å²) < 4.78 is 5.29. The number of hydrogen-bond donors (Lipinski definition) is 2. The molecule has 0 saturated carbocycles. The Balaban J connectivity index is 3.31. The molecule has 1 amide bonds. The molecule has 0 spiro atoms. The number of aliphatic carboxylic acids is 1. The molecule has 0 aliphatic carbocycles. The number of rotatable bonds is 9. The summed E-state index contributed by atoms with van der Waals surface area (Å²) in [6.07, 6.45) is 4.70. The quantitative estimate of drug-likeness (QED) is 0.456. The first-order chi connectivity index (χ1) is 7.66. The van der Waals surface area contributed by atoms with Crippen LogP contribution in [0.15, 0.2) is 12.2 Å². The molecule has 0 aromatic carbocycles. The molecule has 2 N–H and O–H groups in total. The van der Waals surface area contributed by atoms with Crippen LogP contribution in [0, 0.1) is 0 Å². The van der Waals surface area contributed by atoms with Crippen LogP contribution in [0.1, 0.15) is 26.2 Å². The van der Waals surface area contributed by atoms with Gasteiger partial charge in [-0.3, -0.25) is 4.79 Å². The lowest BCUT2D eigenvalue weighted by atomic mass is 10.3. The van der Waals surface area contributed by atoms with Crippen molar-refractivity contribution >= 4 is 11.9 Å². The average Bonchev–Trinajstić information content (AvgIpc) is 2.25. The summed E-state index contributed by atoms with van der Waals surface area (Å²) in [6.45, 7) is 3.96. The molecule has 0 unspecified atom stereocenters. The van der Waals surface area contributed by atoms with Crippen molar-refractivity contribution in [2.45, 2.75) is 26.2 Å². The van der Waals surface area contributed by atoms with E-state index in [1.165, 1.54) is 0 Å². The molecule has 0 saturated heterocycles. The van der Waals surface area contributed by atoms with Crippen molar-refractivity contribution in [3.05, 3.63) is 12.2 Å². The molecule has 0 bridgehead atoms. The minimum atomic E-state index is -1.13. The van der Waals surface area contributed by atoms with Crippen molar-refractivity contribution in [2.75, 3.05) is 19.8 Å². The number of nitrogens with one attached hydrogen (secondary N) is 1. The third-order valence-corrected chi connectivity index (χ3v) is 1.78. The van der Waals surface area contributed by atoms with E-state index in [-0.39, 0.29) is 0 Å². The molecule has 0 heterocycles. The summed E-state index contributed by atoms with van der Waals surface area (Å²) >= 11 is 0. The van der Waals surface area contributed by atoms with Crippen molar-refractivity contribution in [3.63, 3.8) is 0 Å². The predicted molar refractivity (Wildman–Crippen MR) is 60.1 cm³/mol. The van der Waals surface area contributed by atoms with E-state index in [1.807, 2.05) is 0 Å². The SMILES string of the molecule is CCCCOCCCNC(=O)/C=C/C(=O)O. The molecule has 0 aliphatic rings. The van der Waals surface area contributed by atoms with Crippen LogP contribution in [0.5, 0.6) is 0 Å². The summed E-state index contributed by atoms with van der Waals surface area (Å²) in [4.78, 5) is 21.1. The number of carbonyl (C=O) groups excluding carboxylic acids is 1. The molecule has 16 heavy (non-hydrogen) atoms. The molecule has 5 heteroatoms. The van der Waals surface area contributed by atoms with Gasteiger partial charge < -0.3 is 15.2 Å². The fourth-order valence-corrected chi connectivity index (χ4v) is 0.940. The zero-order valence-electron chi connectivity index (χ0n) is 9.57. The maximum absolute atomic E-state index is 11.0. The lowest BCUT2D eigenvalue weighted by Gasteiger charge is -2.03. The first kappa shape index (κ1) is 14.6. The summed E-state index contributed by atoms with van der Waals surface area (Å²) in [5.41, 5.74) is 0. The second-order valence-corrected chi connectivity index (χ2v) is 3.28. The maximum atomic E-state index is 11.0. The predicted octanol–water partition coefficient (Wildman–Crippen LogP) is 0.950. The van der Waals surface area contributed by atoms with Crippen molar-refractivity contribution < 1.29 is 19.4 Å². The molecule has 0 aromatic rings. The monoisotopic (exact) mass is 229 g/mol. The van der Waals surface area contributed by atoms with Crippen LogP contribution in [0.4, 0.5) is 0 Å². The van der Waals surface area contributed by atoms with E-state index in [9.17, 15) is 9.59 Å². The van der Waals surface area contributed by atoms with Gasteiger partial charge in [0.25, 0.3) is 0 Å². The second-order valence-electron chi connectivity index (χ2n) is 3.28. The maximum Gasteiger partial charge on any atom is 0.328 e. The Kier molecular flexibility index (Phi) is 9.30. The van der Waals surface area contributed by atoms with E-state index in [0.29, 0.717) is 13.2 Å². The highest BCUT2D eigenvalue weighted by molar-refractivity contribution is 5.93. The van der Waals surface area contributed by atoms with Crippen LogP contribution in [-0.2, 0) is 14.3 Å². The Morgan fingerprint density at radius 1 is 1.25 bits per heavy atom. The Hall–Kier alpha value is -1.36. The smallest absolute Gasteiger partial charge is 0.328 e. The Morgan fingerprint density at radius 2 is 1.94 bits per heavy atom. The number of ether oxygens (including phenoxy) is 1. The van der Waals surface area contributed by atoms with E-state index in [1.54, 1.807) is 0 Å². The van der Waals surface area contributed by atoms with Gasteiger partial charge in [-0.1, -0.05) is 13.3 Å². The van der Waals surface area contributed by atoms with Crippen LogP contribution in [-0.4, -0.2) is 36.7 Å². The summed E-state index contributed by atoms with van der Waals surface area (Å²) in [6, 6.07) is 0. The normalized spacial score (nSPS) is 10.6. The number of carbonyl (C=O) groups is 2. The van der Waals surface area contributed by atoms with Crippen LogP contribution in [0.2, 0.25) is 0 Å². The van der Waals surface area contributed by atoms with Gasteiger partial charge in [-0.15, -0.1) is 0 Å². The number of unbranched alkanes of at least 4 members (excludes halogenated alkanes) is 1. The number of carboxylic acids is 1. The summed E-state index contributed by atoms with van der Waals surface area (Å²) in [5.74, 6) is -1.52. The standard InChI is InChI=1S/C11H19NO4/c1-2-3-8-16-9-4-7-12-10(13)5-6-11(14)15/h5-6H,2-4,7-9H2,1H3,(H,12,13)(H,14,15)/b6-5+. The third-order valence-electron chi connectivity index (χ3n) is 1.78. The average molecular weight is 229 g/mol. The van der Waals surface area contributed by atoms with Gasteiger partial charge in [0, 0.05) is 31.9 Å². The van der Waals surface area contributed by atoms with Gasteiger partial charge in [0.15, 0.2) is 0 Å². The van der Waals surface area contributed by atoms with Crippen LogP contribution in [0.25, 0.3) is 0 Å². The molecule has 0 rings (SSSR count). The highest BCUT2D eigenvalue weighted by atomic mass is 16.5. The third kappa shape index (κ3) is 10.7. The van der Waals surface area contributed by atoms with E-state index in [0.717, 1.165) is 38.0 Å². The Bertz CT molecular complexity index is 238. The van der Waals surface area contributed by atoms with Gasteiger partial charge in [0.1, 0.15) is 0 Å². The van der Waals surface area contributed by atoms with Crippen molar-refractivity contribution in [3.8, 4) is 0 Å². The molecule has 0 aromatic heterocycles. The van der Waals surface area contributed by atoms with Gasteiger partial charge in [0.05, 0.1) is 0 Å². The molecular weight excluding hydrogens is 210 g/mol. The highest BCUT2D eigenvalue weighted by Crippen LogP contribution is 1.89. The van der Waals surface area contributed by atoms with E-state index >= 15 is 0 Å². The summed E-state index contributed by atoms with van der Waals surface area (Å²) in [7, 11) is 0. The topological polar surface area (TPSA) is 75.6 Å². The lowest BCUT2D eigenvalue weighted by molar-refractivity contribution is -0.131. The molecule has 0 fully saturated rings. The minimum absolute atomic E-state index is 0.393. The van der Waals surface area contributed by atoms with Crippen LogP contribution >= 0.6 is 0 Å². The Labute approximate surface area is 95.5 Å². The second kappa shape index (κ2) is 10.2. The van der Waals surface area contributed by atoms with E-state index in [4.69, 9.17) is 9.84 Å².